The number of halogens is 2. The van der Waals surface area contributed by atoms with Crippen molar-refractivity contribution in [2.75, 3.05) is 17.2 Å². The Kier molecular flexibility index (Phi) is 5.60. The van der Waals surface area contributed by atoms with E-state index in [1.807, 2.05) is 30.3 Å². The van der Waals surface area contributed by atoms with E-state index in [2.05, 4.69) is 20.6 Å². The van der Waals surface area contributed by atoms with Gasteiger partial charge in [-0.1, -0.05) is 18.2 Å². The van der Waals surface area contributed by atoms with Gasteiger partial charge in [0, 0.05) is 23.0 Å². The first-order chi connectivity index (χ1) is 16.5. The van der Waals surface area contributed by atoms with E-state index >= 15 is 0 Å². The van der Waals surface area contributed by atoms with Gasteiger partial charge in [-0.3, -0.25) is 9.59 Å². The quantitative estimate of drug-likeness (QED) is 0.387. The number of Topliss-reactive ketones (excluding diaryl/α,β-unsaturated/α-hetero) is 1. The molecule has 3 heterocycles. The minimum atomic E-state index is -1.12. The minimum absolute atomic E-state index is 0.0142. The molecule has 4 aromatic rings. The second-order valence-electron chi connectivity index (χ2n) is 7.65. The standard InChI is InChI=1S/C25H18F2N4O3/c26-17-7-6-15(10-18(17)27)25(33)31-21-11-14(8-9-28-21)23-24(29-16-4-2-1-3-5-16)22-19(30-23)12-34-13-20(22)32/h1-11,29-30H,12-13H2,(H,28,31,33). The lowest BCUT2D eigenvalue weighted by molar-refractivity contribution is 0.0660. The number of nitrogens with zero attached hydrogens (tertiary/aromatic N) is 1. The van der Waals surface area contributed by atoms with Gasteiger partial charge in [0.1, 0.15) is 12.4 Å². The summed E-state index contributed by atoms with van der Waals surface area (Å²) < 4.78 is 32.1. The lowest BCUT2D eigenvalue weighted by atomic mass is 10.0. The first kappa shape index (κ1) is 21.5. The number of H-pyrrole nitrogens is 1. The van der Waals surface area contributed by atoms with Crippen molar-refractivity contribution in [3.8, 4) is 11.3 Å². The van der Waals surface area contributed by atoms with Gasteiger partial charge in [0.15, 0.2) is 17.4 Å². The number of fused-ring (bicyclic) bond motifs is 1. The molecule has 5 rings (SSSR count). The monoisotopic (exact) mass is 460 g/mol. The highest BCUT2D eigenvalue weighted by Crippen LogP contribution is 2.37. The molecular formula is C25H18F2N4O3. The van der Waals surface area contributed by atoms with Gasteiger partial charge < -0.3 is 20.4 Å². The molecule has 0 spiro atoms. The maximum atomic E-state index is 13.5. The SMILES string of the molecule is O=C(Nc1cc(-c2[nH]c3c(c2Nc2ccccc2)C(=O)COC3)ccn1)c1ccc(F)c(F)c1. The Morgan fingerprint density at radius 1 is 1.00 bits per heavy atom. The summed E-state index contributed by atoms with van der Waals surface area (Å²) in [6.07, 6.45) is 1.50. The molecule has 0 unspecified atom stereocenters. The summed E-state index contributed by atoms with van der Waals surface area (Å²) >= 11 is 0. The van der Waals surface area contributed by atoms with Gasteiger partial charge in [-0.05, 0) is 42.5 Å². The zero-order valence-corrected chi connectivity index (χ0v) is 17.7. The van der Waals surface area contributed by atoms with Crippen LogP contribution in [-0.2, 0) is 11.3 Å². The van der Waals surface area contributed by atoms with E-state index in [1.165, 1.54) is 12.3 Å². The average molecular weight is 460 g/mol. The van der Waals surface area contributed by atoms with Crippen molar-refractivity contribution in [3.05, 3.63) is 95.3 Å². The van der Waals surface area contributed by atoms with Gasteiger partial charge in [-0.25, -0.2) is 13.8 Å². The van der Waals surface area contributed by atoms with Crippen molar-refractivity contribution in [3.63, 3.8) is 0 Å². The maximum absolute atomic E-state index is 13.5. The maximum Gasteiger partial charge on any atom is 0.256 e. The molecule has 0 fully saturated rings. The van der Waals surface area contributed by atoms with E-state index in [1.54, 1.807) is 12.1 Å². The van der Waals surface area contributed by atoms with Crippen molar-refractivity contribution in [1.82, 2.24) is 9.97 Å². The van der Waals surface area contributed by atoms with Crippen LogP contribution in [0.25, 0.3) is 11.3 Å². The Morgan fingerprint density at radius 2 is 1.82 bits per heavy atom. The number of carbonyl (C=O) groups is 2. The Balaban J connectivity index is 1.50. The highest BCUT2D eigenvalue weighted by atomic mass is 19.2. The van der Waals surface area contributed by atoms with E-state index in [-0.39, 0.29) is 30.4 Å². The van der Waals surface area contributed by atoms with Crippen LogP contribution >= 0.6 is 0 Å². The number of hydrogen-bond acceptors (Lipinski definition) is 5. The third-order valence-electron chi connectivity index (χ3n) is 5.35. The normalized spacial score (nSPS) is 12.8. The Bertz CT molecular complexity index is 1400. The number of benzene rings is 2. The molecule has 170 valence electrons. The molecule has 3 N–H and O–H groups in total. The molecule has 1 aliphatic heterocycles. The summed E-state index contributed by atoms with van der Waals surface area (Å²) in [5.74, 6) is -2.74. The molecule has 1 aliphatic rings. The number of anilines is 3. The lowest BCUT2D eigenvalue weighted by Crippen LogP contribution is -2.18. The number of carbonyl (C=O) groups excluding carboxylic acids is 2. The number of para-hydroxylation sites is 1. The van der Waals surface area contributed by atoms with Crippen molar-refractivity contribution in [1.29, 1.82) is 0 Å². The Labute approximate surface area is 192 Å². The van der Waals surface area contributed by atoms with Gasteiger partial charge in [0.05, 0.1) is 29.2 Å². The lowest BCUT2D eigenvalue weighted by Gasteiger charge is -2.14. The fourth-order valence-electron chi connectivity index (χ4n) is 3.77. The van der Waals surface area contributed by atoms with Crippen LogP contribution in [0, 0.1) is 11.6 Å². The molecule has 7 nitrogen and oxygen atoms in total. The van der Waals surface area contributed by atoms with E-state index in [0.717, 1.165) is 17.8 Å². The van der Waals surface area contributed by atoms with Crippen LogP contribution in [0.5, 0.6) is 0 Å². The summed E-state index contributed by atoms with van der Waals surface area (Å²) in [7, 11) is 0. The van der Waals surface area contributed by atoms with Gasteiger partial charge >= 0.3 is 0 Å². The van der Waals surface area contributed by atoms with E-state index < -0.39 is 17.5 Å². The second kappa shape index (κ2) is 8.87. The van der Waals surface area contributed by atoms with Crippen LogP contribution in [0.2, 0.25) is 0 Å². The predicted octanol–water partition coefficient (Wildman–Crippen LogP) is 5.06. The molecule has 0 atom stereocenters. The van der Waals surface area contributed by atoms with Crippen molar-refractivity contribution < 1.29 is 23.1 Å². The van der Waals surface area contributed by atoms with E-state index in [0.29, 0.717) is 28.2 Å². The minimum Gasteiger partial charge on any atom is -0.367 e. The highest BCUT2D eigenvalue weighted by Gasteiger charge is 2.27. The molecule has 2 aromatic carbocycles. The number of amides is 1. The molecular weight excluding hydrogens is 442 g/mol. The van der Waals surface area contributed by atoms with Crippen LogP contribution in [-0.4, -0.2) is 28.3 Å². The molecule has 0 saturated carbocycles. The largest absolute Gasteiger partial charge is 0.367 e. The number of rotatable bonds is 5. The molecule has 1 amide bonds. The van der Waals surface area contributed by atoms with Crippen molar-refractivity contribution >= 4 is 28.9 Å². The first-order valence-electron chi connectivity index (χ1n) is 10.4. The predicted molar refractivity (Wildman–Crippen MR) is 122 cm³/mol. The Hall–Kier alpha value is -4.37. The van der Waals surface area contributed by atoms with Gasteiger partial charge in [-0.15, -0.1) is 0 Å². The molecule has 2 aromatic heterocycles. The van der Waals surface area contributed by atoms with Crippen LogP contribution in [0.3, 0.4) is 0 Å². The van der Waals surface area contributed by atoms with Gasteiger partial charge in [-0.2, -0.15) is 0 Å². The van der Waals surface area contributed by atoms with Crippen LogP contribution in [0.1, 0.15) is 26.4 Å². The van der Waals surface area contributed by atoms with Crippen molar-refractivity contribution in [2.45, 2.75) is 6.61 Å². The molecule has 0 bridgehead atoms. The summed E-state index contributed by atoms with van der Waals surface area (Å²) in [5.41, 5.74) is 3.79. The van der Waals surface area contributed by atoms with E-state index in [4.69, 9.17) is 4.74 Å². The number of pyridine rings is 1. The summed E-state index contributed by atoms with van der Waals surface area (Å²) in [6.45, 7) is 0.245. The van der Waals surface area contributed by atoms with Crippen LogP contribution in [0.15, 0.2) is 66.9 Å². The average Bonchev–Trinajstić information content (AvgIpc) is 3.21. The third-order valence-corrected chi connectivity index (χ3v) is 5.35. The second-order valence-corrected chi connectivity index (χ2v) is 7.65. The molecule has 34 heavy (non-hydrogen) atoms. The number of aromatic nitrogens is 2. The van der Waals surface area contributed by atoms with Crippen LogP contribution in [0.4, 0.5) is 26.0 Å². The molecule has 0 aliphatic carbocycles. The number of ketones is 1. The first-order valence-corrected chi connectivity index (χ1v) is 10.4. The molecule has 0 saturated heterocycles. The zero-order valence-electron chi connectivity index (χ0n) is 17.7. The number of ether oxygens (including phenoxy) is 1. The summed E-state index contributed by atoms with van der Waals surface area (Å²) in [5, 5.41) is 5.90. The zero-order chi connectivity index (χ0) is 23.7. The van der Waals surface area contributed by atoms with E-state index in [9.17, 15) is 18.4 Å². The summed E-state index contributed by atoms with van der Waals surface area (Å²) in [4.78, 5) is 32.6. The number of aromatic amines is 1. The van der Waals surface area contributed by atoms with Crippen LogP contribution < -0.4 is 10.6 Å². The molecule has 0 radical (unpaired) electrons. The topological polar surface area (TPSA) is 96.1 Å². The van der Waals surface area contributed by atoms with Gasteiger partial charge in [0.2, 0.25) is 0 Å². The van der Waals surface area contributed by atoms with Crippen molar-refractivity contribution in [2.24, 2.45) is 0 Å². The summed E-state index contributed by atoms with van der Waals surface area (Å²) in [6, 6.07) is 15.7. The fourth-order valence-corrected chi connectivity index (χ4v) is 3.77. The smallest absolute Gasteiger partial charge is 0.256 e. The highest BCUT2D eigenvalue weighted by molar-refractivity contribution is 6.08. The Morgan fingerprint density at radius 3 is 2.62 bits per heavy atom. The number of hydrogen-bond donors (Lipinski definition) is 3. The molecule has 9 heteroatoms. The fraction of sp³-hybridized carbons (Fsp3) is 0.0800. The number of nitrogens with one attached hydrogen (secondary N) is 3. The van der Waals surface area contributed by atoms with Gasteiger partial charge in [0.25, 0.3) is 5.91 Å². The third kappa shape index (κ3) is 4.16.